The fraction of sp³-hybridized carbons (Fsp3) is 0.227. The van der Waals surface area contributed by atoms with Crippen LogP contribution < -0.4 is 5.48 Å². The normalized spacial score (nSPS) is 11.6. The first kappa shape index (κ1) is 20.6. The van der Waals surface area contributed by atoms with Gasteiger partial charge in [-0.15, -0.1) is 0 Å². The highest BCUT2D eigenvalue weighted by molar-refractivity contribution is 6.06. The number of carbonyl (C=O) groups excluding carboxylic acids is 1. The molecule has 0 saturated carbocycles. The summed E-state index contributed by atoms with van der Waals surface area (Å²) in [5.74, 6) is -0.456. The van der Waals surface area contributed by atoms with Crippen molar-refractivity contribution in [2.75, 3.05) is 6.61 Å². The standard InChI is InChI=1S/C22H22N6O3/c1-22(2,30)14-31-27-21(29)17-9-19(16-6-4-8-24-11-16)26-20-18(17)12-25-28(20)13-15-5-3-7-23-10-15/h3-12,30H,13-14H2,1-2H3,(H,27,29). The molecular weight excluding hydrogens is 396 g/mol. The number of carbonyl (C=O) groups is 1. The average Bonchev–Trinajstić information content (AvgIpc) is 3.16. The van der Waals surface area contributed by atoms with E-state index in [1.807, 2.05) is 18.2 Å². The van der Waals surface area contributed by atoms with Crippen LogP contribution in [0, 0.1) is 0 Å². The molecule has 0 spiro atoms. The number of fused-ring (bicyclic) bond motifs is 1. The highest BCUT2D eigenvalue weighted by Crippen LogP contribution is 2.25. The zero-order valence-corrected chi connectivity index (χ0v) is 17.2. The molecule has 1 amide bonds. The molecular formula is C22H22N6O3. The van der Waals surface area contributed by atoms with Crippen molar-refractivity contribution in [1.29, 1.82) is 0 Å². The van der Waals surface area contributed by atoms with Gasteiger partial charge >= 0.3 is 0 Å². The summed E-state index contributed by atoms with van der Waals surface area (Å²) in [6, 6.07) is 9.16. The SMILES string of the molecule is CC(C)(O)CONC(=O)c1cc(-c2cccnc2)nc2c1cnn2Cc1cccnc1. The molecule has 0 bridgehead atoms. The van der Waals surface area contributed by atoms with Gasteiger partial charge in [-0.2, -0.15) is 5.10 Å². The Bertz CT molecular complexity index is 1190. The third-order valence-corrected chi connectivity index (χ3v) is 4.46. The molecule has 0 saturated heterocycles. The number of hydroxylamine groups is 1. The fourth-order valence-corrected chi connectivity index (χ4v) is 3.01. The van der Waals surface area contributed by atoms with E-state index in [1.165, 1.54) is 0 Å². The number of nitrogens with one attached hydrogen (secondary N) is 1. The lowest BCUT2D eigenvalue weighted by Crippen LogP contribution is -2.33. The molecule has 0 fully saturated rings. The summed E-state index contributed by atoms with van der Waals surface area (Å²) in [5, 5.41) is 14.8. The Balaban J connectivity index is 1.74. The highest BCUT2D eigenvalue weighted by atomic mass is 16.7. The van der Waals surface area contributed by atoms with Crippen LogP contribution >= 0.6 is 0 Å². The first-order chi connectivity index (χ1) is 14.9. The van der Waals surface area contributed by atoms with Gasteiger partial charge in [0.25, 0.3) is 5.91 Å². The first-order valence-electron chi connectivity index (χ1n) is 9.71. The molecule has 4 rings (SSSR count). The van der Waals surface area contributed by atoms with Crippen LogP contribution in [0.5, 0.6) is 0 Å². The molecule has 4 heterocycles. The monoisotopic (exact) mass is 418 g/mol. The van der Waals surface area contributed by atoms with Crippen molar-refractivity contribution in [1.82, 2.24) is 30.2 Å². The number of pyridine rings is 3. The van der Waals surface area contributed by atoms with Crippen molar-refractivity contribution in [3.05, 3.63) is 72.4 Å². The van der Waals surface area contributed by atoms with Gasteiger partial charge in [0.2, 0.25) is 0 Å². The summed E-state index contributed by atoms with van der Waals surface area (Å²) in [5.41, 5.74) is 4.55. The second-order valence-electron chi connectivity index (χ2n) is 7.73. The highest BCUT2D eigenvalue weighted by Gasteiger charge is 2.19. The van der Waals surface area contributed by atoms with Crippen molar-refractivity contribution < 1.29 is 14.7 Å². The Morgan fingerprint density at radius 2 is 1.94 bits per heavy atom. The third-order valence-electron chi connectivity index (χ3n) is 4.46. The van der Waals surface area contributed by atoms with E-state index in [0.717, 1.165) is 11.1 Å². The van der Waals surface area contributed by atoms with Gasteiger partial charge in [0.05, 0.1) is 35.0 Å². The Morgan fingerprint density at radius 3 is 2.61 bits per heavy atom. The summed E-state index contributed by atoms with van der Waals surface area (Å²) in [6.45, 7) is 3.58. The molecule has 4 aromatic heterocycles. The molecule has 31 heavy (non-hydrogen) atoms. The van der Waals surface area contributed by atoms with Crippen LogP contribution in [0.3, 0.4) is 0 Å². The van der Waals surface area contributed by atoms with E-state index < -0.39 is 11.5 Å². The van der Waals surface area contributed by atoms with Gasteiger partial charge in [-0.1, -0.05) is 6.07 Å². The van der Waals surface area contributed by atoms with Gasteiger partial charge in [0.1, 0.15) is 6.61 Å². The zero-order valence-electron chi connectivity index (χ0n) is 17.2. The Kier molecular flexibility index (Phi) is 5.70. The molecule has 0 unspecified atom stereocenters. The van der Waals surface area contributed by atoms with Crippen LogP contribution in [0.25, 0.3) is 22.3 Å². The van der Waals surface area contributed by atoms with Gasteiger partial charge in [-0.05, 0) is 43.7 Å². The summed E-state index contributed by atoms with van der Waals surface area (Å²) < 4.78 is 1.72. The Morgan fingerprint density at radius 1 is 1.16 bits per heavy atom. The third kappa shape index (κ3) is 4.90. The molecule has 0 aliphatic rings. The molecule has 0 aromatic carbocycles. The smallest absolute Gasteiger partial charge is 0.275 e. The number of aliphatic hydroxyl groups is 1. The first-order valence-corrected chi connectivity index (χ1v) is 9.71. The predicted octanol–water partition coefficient (Wildman–Crippen LogP) is 2.37. The molecule has 0 radical (unpaired) electrons. The summed E-state index contributed by atoms with van der Waals surface area (Å²) >= 11 is 0. The maximum absolute atomic E-state index is 12.9. The van der Waals surface area contributed by atoms with Crippen LogP contribution in [0.15, 0.2) is 61.3 Å². The average molecular weight is 418 g/mol. The molecule has 2 N–H and O–H groups in total. The van der Waals surface area contributed by atoms with Crippen molar-refractivity contribution in [3.63, 3.8) is 0 Å². The molecule has 0 atom stereocenters. The van der Waals surface area contributed by atoms with Crippen molar-refractivity contribution in [2.45, 2.75) is 26.0 Å². The molecule has 0 aliphatic carbocycles. The van der Waals surface area contributed by atoms with Crippen LogP contribution in [0.4, 0.5) is 0 Å². The lowest BCUT2D eigenvalue weighted by atomic mass is 10.1. The maximum atomic E-state index is 12.9. The lowest BCUT2D eigenvalue weighted by Gasteiger charge is -2.17. The summed E-state index contributed by atoms with van der Waals surface area (Å²) in [6.07, 6.45) is 8.43. The topological polar surface area (TPSA) is 115 Å². The number of amides is 1. The molecule has 158 valence electrons. The van der Waals surface area contributed by atoms with Crippen LogP contribution in [-0.4, -0.2) is 48.0 Å². The van der Waals surface area contributed by atoms with Crippen molar-refractivity contribution >= 4 is 16.9 Å². The summed E-state index contributed by atoms with van der Waals surface area (Å²) in [7, 11) is 0. The number of aromatic nitrogens is 5. The van der Waals surface area contributed by atoms with E-state index in [0.29, 0.717) is 28.8 Å². The molecule has 0 aliphatic heterocycles. The van der Waals surface area contributed by atoms with Crippen LogP contribution in [0.1, 0.15) is 29.8 Å². The summed E-state index contributed by atoms with van der Waals surface area (Å²) in [4.78, 5) is 31.1. The van der Waals surface area contributed by atoms with E-state index >= 15 is 0 Å². The van der Waals surface area contributed by atoms with E-state index in [-0.39, 0.29) is 6.61 Å². The van der Waals surface area contributed by atoms with Gasteiger partial charge in [0, 0.05) is 30.4 Å². The predicted molar refractivity (Wildman–Crippen MR) is 114 cm³/mol. The zero-order chi connectivity index (χ0) is 21.8. The van der Waals surface area contributed by atoms with Gasteiger partial charge in [-0.25, -0.2) is 15.1 Å². The van der Waals surface area contributed by atoms with Crippen LogP contribution in [-0.2, 0) is 11.4 Å². The fourth-order valence-electron chi connectivity index (χ4n) is 3.01. The van der Waals surface area contributed by atoms with Crippen molar-refractivity contribution in [2.24, 2.45) is 0 Å². The minimum absolute atomic E-state index is 0.0529. The Labute approximate surface area is 178 Å². The van der Waals surface area contributed by atoms with Crippen LogP contribution in [0.2, 0.25) is 0 Å². The maximum Gasteiger partial charge on any atom is 0.275 e. The van der Waals surface area contributed by atoms with E-state index in [1.54, 1.807) is 61.6 Å². The minimum Gasteiger partial charge on any atom is -0.388 e. The number of hydrogen-bond donors (Lipinski definition) is 2. The second kappa shape index (κ2) is 8.58. The van der Waals surface area contributed by atoms with Crippen molar-refractivity contribution in [3.8, 4) is 11.3 Å². The molecule has 9 nitrogen and oxygen atoms in total. The van der Waals surface area contributed by atoms with E-state index in [4.69, 9.17) is 9.82 Å². The lowest BCUT2D eigenvalue weighted by molar-refractivity contribution is -0.0522. The quantitative estimate of drug-likeness (QED) is 0.443. The van der Waals surface area contributed by atoms with E-state index in [9.17, 15) is 9.90 Å². The molecule has 9 heteroatoms. The second-order valence-corrected chi connectivity index (χ2v) is 7.73. The van der Waals surface area contributed by atoms with Gasteiger partial charge < -0.3 is 5.11 Å². The number of rotatable bonds is 7. The number of hydrogen-bond acceptors (Lipinski definition) is 7. The van der Waals surface area contributed by atoms with Gasteiger partial charge in [0.15, 0.2) is 5.65 Å². The van der Waals surface area contributed by atoms with E-state index in [2.05, 4.69) is 20.5 Å². The Hall–Kier alpha value is -3.69. The number of nitrogens with zero attached hydrogens (tertiary/aromatic N) is 5. The van der Waals surface area contributed by atoms with Gasteiger partial charge in [-0.3, -0.25) is 19.6 Å². The molecule has 4 aromatic rings. The minimum atomic E-state index is -1.07. The largest absolute Gasteiger partial charge is 0.388 e.